The Labute approximate surface area is 101 Å². The van der Waals surface area contributed by atoms with Gasteiger partial charge in [0.1, 0.15) is 0 Å². The van der Waals surface area contributed by atoms with E-state index in [1.54, 1.807) is 0 Å². The van der Waals surface area contributed by atoms with Gasteiger partial charge in [-0.3, -0.25) is 9.89 Å². The van der Waals surface area contributed by atoms with Crippen molar-refractivity contribution in [3.8, 4) is 0 Å². The Hall–Kier alpha value is -1.32. The van der Waals surface area contributed by atoms with E-state index in [1.165, 1.54) is 19.3 Å². The number of hydrogen-bond acceptors (Lipinski definition) is 2. The maximum absolute atomic E-state index is 12.3. The predicted octanol–water partition coefficient (Wildman–Crippen LogP) is 2.40. The summed E-state index contributed by atoms with van der Waals surface area (Å²) < 4.78 is 0. The molecule has 92 valence electrons. The minimum absolute atomic E-state index is 0.199. The largest absolute Gasteiger partial charge is 0.323 e. The third-order valence-electron chi connectivity index (χ3n) is 4.45. The predicted molar refractivity (Wildman–Crippen MR) is 65.6 cm³/mol. The molecule has 0 radical (unpaired) electrons. The molecule has 0 saturated heterocycles. The van der Waals surface area contributed by atoms with Crippen molar-refractivity contribution in [3.05, 3.63) is 11.4 Å². The highest BCUT2D eigenvalue weighted by molar-refractivity contribution is 5.94. The van der Waals surface area contributed by atoms with E-state index in [0.717, 1.165) is 29.4 Å². The molecule has 0 spiro atoms. The van der Waals surface area contributed by atoms with Crippen molar-refractivity contribution >= 4 is 11.6 Å². The summed E-state index contributed by atoms with van der Waals surface area (Å²) in [6.07, 6.45) is 4.93. The second-order valence-corrected chi connectivity index (χ2v) is 5.58. The minimum atomic E-state index is 0.199. The molecule has 3 rings (SSSR count). The van der Waals surface area contributed by atoms with Gasteiger partial charge in [0.15, 0.2) is 0 Å². The molecule has 2 saturated carbocycles. The smallest absolute Gasteiger partial charge is 0.227 e. The highest BCUT2D eigenvalue weighted by Crippen LogP contribution is 2.48. The molecular formula is C13H19N3O. The number of H-pyrrole nitrogens is 1. The fourth-order valence-corrected chi connectivity index (χ4v) is 3.52. The number of nitrogens with one attached hydrogen (secondary N) is 2. The van der Waals surface area contributed by atoms with Gasteiger partial charge in [-0.25, -0.2) is 0 Å². The van der Waals surface area contributed by atoms with Gasteiger partial charge < -0.3 is 5.32 Å². The van der Waals surface area contributed by atoms with Crippen LogP contribution in [0.25, 0.3) is 0 Å². The Morgan fingerprint density at radius 3 is 2.71 bits per heavy atom. The SMILES string of the molecule is Cc1n[nH]c(C)c1NC(=O)C1CC2CCC1C2. The summed E-state index contributed by atoms with van der Waals surface area (Å²) in [6.45, 7) is 3.86. The second kappa shape index (κ2) is 3.86. The van der Waals surface area contributed by atoms with Crippen LogP contribution in [-0.4, -0.2) is 16.1 Å². The zero-order valence-electron chi connectivity index (χ0n) is 10.4. The maximum atomic E-state index is 12.3. The first-order chi connectivity index (χ1) is 8.15. The van der Waals surface area contributed by atoms with Gasteiger partial charge in [0.2, 0.25) is 5.91 Å². The molecule has 0 aliphatic heterocycles. The van der Waals surface area contributed by atoms with Crippen LogP contribution in [-0.2, 0) is 4.79 Å². The monoisotopic (exact) mass is 233 g/mol. The Balaban J connectivity index is 1.72. The lowest BCUT2D eigenvalue weighted by Crippen LogP contribution is -2.27. The van der Waals surface area contributed by atoms with Crippen LogP contribution in [0.3, 0.4) is 0 Å². The number of amides is 1. The number of hydrogen-bond donors (Lipinski definition) is 2. The molecule has 2 bridgehead atoms. The fraction of sp³-hybridized carbons (Fsp3) is 0.692. The van der Waals surface area contributed by atoms with E-state index in [9.17, 15) is 4.79 Å². The van der Waals surface area contributed by atoms with Crippen molar-refractivity contribution in [2.24, 2.45) is 17.8 Å². The molecule has 2 N–H and O–H groups in total. The number of carbonyl (C=O) groups excluding carboxylic acids is 1. The van der Waals surface area contributed by atoms with E-state index >= 15 is 0 Å². The number of aromatic nitrogens is 2. The van der Waals surface area contributed by atoms with Crippen molar-refractivity contribution in [2.45, 2.75) is 39.5 Å². The number of aryl methyl sites for hydroxylation is 2. The van der Waals surface area contributed by atoms with E-state index in [-0.39, 0.29) is 11.8 Å². The molecule has 0 aromatic carbocycles. The molecule has 1 amide bonds. The summed E-state index contributed by atoms with van der Waals surface area (Å²) in [4.78, 5) is 12.3. The number of nitrogens with zero attached hydrogens (tertiary/aromatic N) is 1. The first-order valence-electron chi connectivity index (χ1n) is 6.47. The Kier molecular flexibility index (Phi) is 2.45. The van der Waals surface area contributed by atoms with Crippen molar-refractivity contribution in [1.29, 1.82) is 0 Å². The molecule has 2 fully saturated rings. The number of aromatic amines is 1. The molecule has 1 aromatic rings. The number of rotatable bonds is 2. The fourth-order valence-electron chi connectivity index (χ4n) is 3.52. The normalized spacial score (nSPS) is 30.8. The topological polar surface area (TPSA) is 57.8 Å². The molecule has 2 aliphatic rings. The highest BCUT2D eigenvalue weighted by atomic mass is 16.1. The average Bonchev–Trinajstić information content (AvgIpc) is 2.99. The zero-order valence-corrected chi connectivity index (χ0v) is 10.4. The van der Waals surface area contributed by atoms with Crippen molar-refractivity contribution in [2.75, 3.05) is 5.32 Å². The van der Waals surface area contributed by atoms with Crippen molar-refractivity contribution < 1.29 is 4.79 Å². The van der Waals surface area contributed by atoms with Gasteiger partial charge in [-0.15, -0.1) is 0 Å². The third kappa shape index (κ3) is 1.75. The number of fused-ring (bicyclic) bond motifs is 2. The van der Waals surface area contributed by atoms with Gasteiger partial charge in [-0.2, -0.15) is 5.10 Å². The number of anilines is 1. The minimum Gasteiger partial charge on any atom is -0.323 e. The molecule has 2 aliphatic carbocycles. The van der Waals surface area contributed by atoms with E-state index < -0.39 is 0 Å². The quantitative estimate of drug-likeness (QED) is 0.824. The van der Waals surface area contributed by atoms with Crippen LogP contribution in [0.1, 0.15) is 37.1 Å². The van der Waals surface area contributed by atoms with E-state index in [4.69, 9.17) is 0 Å². The molecule has 4 nitrogen and oxygen atoms in total. The van der Waals surface area contributed by atoms with Gasteiger partial charge >= 0.3 is 0 Å². The lowest BCUT2D eigenvalue weighted by Gasteiger charge is -2.20. The Morgan fingerprint density at radius 2 is 2.18 bits per heavy atom. The summed E-state index contributed by atoms with van der Waals surface area (Å²) in [5.74, 6) is 1.88. The van der Waals surface area contributed by atoms with Crippen LogP contribution in [0.2, 0.25) is 0 Å². The lowest BCUT2D eigenvalue weighted by atomic mass is 9.88. The molecule has 4 heteroatoms. The van der Waals surface area contributed by atoms with Crippen LogP contribution in [0.5, 0.6) is 0 Å². The van der Waals surface area contributed by atoms with Crippen LogP contribution >= 0.6 is 0 Å². The average molecular weight is 233 g/mol. The van der Waals surface area contributed by atoms with E-state index in [2.05, 4.69) is 15.5 Å². The molecule has 3 unspecified atom stereocenters. The number of carbonyl (C=O) groups is 1. The summed E-state index contributed by atoms with van der Waals surface area (Å²) in [6, 6.07) is 0. The van der Waals surface area contributed by atoms with Crippen molar-refractivity contribution in [1.82, 2.24) is 10.2 Å². The molecule has 1 aromatic heterocycles. The van der Waals surface area contributed by atoms with Gasteiger partial charge in [-0.05, 0) is 44.9 Å². The molecule has 17 heavy (non-hydrogen) atoms. The molecule has 3 atom stereocenters. The molecular weight excluding hydrogens is 214 g/mol. The van der Waals surface area contributed by atoms with Crippen LogP contribution < -0.4 is 5.32 Å². The summed E-state index contributed by atoms with van der Waals surface area (Å²) in [7, 11) is 0. The summed E-state index contributed by atoms with van der Waals surface area (Å²) in [5, 5.41) is 10.1. The lowest BCUT2D eigenvalue weighted by molar-refractivity contribution is -0.121. The zero-order chi connectivity index (χ0) is 12.0. The Bertz CT molecular complexity index is 432. The van der Waals surface area contributed by atoms with Gasteiger partial charge in [0, 0.05) is 5.92 Å². The highest BCUT2D eigenvalue weighted by Gasteiger charge is 2.43. The van der Waals surface area contributed by atoms with Gasteiger partial charge in [0.25, 0.3) is 0 Å². The van der Waals surface area contributed by atoms with Crippen LogP contribution in [0.15, 0.2) is 0 Å². The van der Waals surface area contributed by atoms with Crippen LogP contribution in [0.4, 0.5) is 5.69 Å². The van der Waals surface area contributed by atoms with Crippen LogP contribution in [0, 0.1) is 31.6 Å². The standard InChI is InChI=1S/C13H19N3O/c1-7-12(8(2)16-15-7)14-13(17)11-6-9-3-4-10(11)5-9/h9-11H,3-6H2,1-2H3,(H,14,17)(H,15,16). The van der Waals surface area contributed by atoms with Crippen molar-refractivity contribution in [3.63, 3.8) is 0 Å². The van der Waals surface area contributed by atoms with Gasteiger partial charge in [-0.1, -0.05) is 6.42 Å². The second-order valence-electron chi connectivity index (χ2n) is 5.58. The Morgan fingerprint density at radius 1 is 1.35 bits per heavy atom. The van der Waals surface area contributed by atoms with E-state index in [1.807, 2.05) is 13.8 Å². The summed E-state index contributed by atoms with van der Waals surface area (Å²) >= 11 is 0. The first-order valence-corrected chi connectivity index (χ1v) is 6.47. The molecule has 1 heterocycles. The summed E-state index contributed by atoms with van der Waals surface area (Å²) in [5.41, 5.74) is 2.69. The first kappa shape index (κ1) is 10.8. The van der Waals surface area contributed by atoms with E-state index in [0.29, 0.717) is 5.92 Å². The van der Waals surface area contributed by atoms with Gasteiger partial charge in [0.05, 0.1) is 17.1 Å². The third-order valence-corrected chi connectivity index (χ3v) is 4.45. The maximum Gasteiger partial charge on any atom is 0.227 e.